The Labute approximate surface area is 128 Å². The molecule has 0 spiro atoms. The lowest BCUT2D eigenvalue weighted by Gasteiger charge is -2.15. The van der Waals surface area contributed by atoms with Crippen LogP contribution in [0, 0.1) is 5.82 Å². The summed E-state index contributed by atoms with van der Waals surface area (Å²) >= 11 is 5.70. The van der Waals surface area contributed by atoms with E-state index in [1.165, 1.54) is 12.1 Å². The molecule has 0 aliphatic rings. The van der Waals surface area contributed by atoms with Gasteiger partial charge in [-0.05, 0) is 31.0 Å². The van der Waals surface area contributed by atoms with Crippen LogP contribution in [0.1, 0.15) is 24.9 Å². The van der Waals surface area contributed by atoms with Gasteiger partial charge >= 0.3 is 6.03 Å². The smallest absolute Gasteiger partial charge is 0.315 e. The maximum atomic E-state index is 13.1. The van der Waals surface area contributed by atoms with Gasteiger partial charge in [0.15, 0.2) is 0 Å². The Hall–Kier alpha value is -1.37. The molecular weight excluding hydrogens is 299 g/mol. The summed E-state index contributed by atoms with van der Waals surface area (Å²) < 4.78 is 18.1. The molecule has 0 aliphatic heterocycles. The number of carbonyl (C=O) groups is 1. The minimum atomic E-state index is -0.486. The Morgan fingerprint density at radius 3 is 2.90 bits per heavy atom. The molecule has 5 nitrogen and oxygen atoms in total. The molecule has 1 rings (SSSR count). The van der Waals surface area contributed by atoms with Crippen LogP contribution in [-0.2, 0) is 4.74 Å². The van der Waals surface area contributed by atoms with Crippen molar-refractivity contribution in [2.75, 3.05) is 26.4 Å². The molecule has 3 N–H and O–H groups in total. The van der Waals surface area contributed by atoms with E-state index in [9.17, 15) is 9.18 Å². The minimum absolute atomic E-state index is 0.00827. The van der Waals surface area contributed by atoms with Crippen molar-refractivity contribution in [3.05, 3.63) is 34.6 Å². The van der Waals surface area contributed by atoms with Crippen LogP contribution in [0.4, 0.5) is 9.18 Å². The molecule has 1 atom stereocenters. The zero-order valence-electron chi connectivity index (χ0n) is 11.9. The zero-order chi connectivity index (χ0) is 15.7. The van der Waals surface area contributed by atoms with E-state index in [-0.39, 0.29) is 23.7 Å². The normalized spacial score (nSPS) is 12.0. The topological polar surface area (TPSA) is 70.6 Å². The summed E-state index contributed by atoms with van der Waals surface area (Å²) in [6, 6.07) is 3.74. The lowest BCUT2D eigenvalue weighted by molar-refractivity contribution is 0.0909. The Balaban J connectivity index is 2.28. The fourth-order valence-corrected chi connectivity index (χ4v) is 1.84. The van der Waals surface area contributed by atoms with E-state index in [1.54, 1.807) is 13.0 Å². The average Bonchev–Trinajstić information content (AvgIpc) is 2.45. The maximum Gasteiger partial charge on any atom is 0.315 e. The molecule has 0 radical (unpaired) electrons. The second-order valence-corrected chi connectivity index (χ2v) is 4.89. The van der Waals surface area contributed by atoms with Crippen LogP contribution in [0.25, 0.3) is 0 Å². The van der Waals surface area contributed by atoms with Crippen LogP contribution in [0.2, 0.25) is 5.02 Å². The maximum absolute atomic E-state index is 13.1. The SMILES string of the molecule is CC(NC(=O)NCCCOCCO)c1ccc(F)c(Cl)c1. The van der Waals surface area contributed by atoms with Crippen molar-refractivity contribution in [1.82, 2.24) is 10.6 Å². The highest BCUT2D eigenvalue weighted by Gasteiger charge is 2.10. The van der Waals surface area contributed by atoms with Crippen molar-refractivity contribution in [2.45, 2.75) is 19.4 Å². The van der Waals surface area contributed by atoms with Gasteiger partial charge in [-0.2, -0.15) is 0 Å². The predicted molar refractivity (Wildman–Crippen MR) is 78.9 cm³/mol. The summed E-state index contributed by atoms with van der Waals surface area (Å²) in [6.07, 6.45) is 0.657. The number of hydrogen-bond donors (Lipinski definition) is 3. The molecular formula is C14H20ClFN2O3. The lowest BCUT2D eigenvalue weighted by Crippen LogP contribution is -2.37. The van der Waals surface area contributed by atoms with Gasteiger partial charge in [0, 0.05) is 13.2 Å². The van der Waals surface area contributed by atoms with Gasteiger partial charge in [-0.15, -0.1) is 0 Å². The molecule has 7 heteroatoms. The number of halogens is 2. The highest BCUT2D eigenvalue weighted by atomic mass is 35.5. The molecule has 1 unspecified atom stereocenters. The molecule has 0 aliphatic carbocycles. The molecule has 0 saturated heterocycles. The molecule has 0 aromatic heterocycles. The summed E-state index contributed by atoms with van der Waals surface area (Å²) in [5.74, 6) is -0.486. The van der Waals surface area contributed by atoms with Gasteiger partial charge in [0.05, 0.1) is 24.3 Å². The monoisotopic (exact) mass is 318 g/mol. The number of aliphatic hydroxyl groups is 1. The van der Waals surface area contributed by atoms with Crippen molar-refractivity contribution in [3.63, 3.8) is 0 Å². The Kier molecular flexibility index (Phi) is 8.04. The molecule has 0 heterocycles. The number of benzene rings is 1. The minimum Gasteiger partial charge on any atom is -0.394 e. The van der Waals surface area contributed by atoms with Crippen LogP contribution in [0.3, 0.4) is 0 Å². The van der Waals surface area contributed by atoms with Gasteiger partial charge in [-0.25, -0.2) is 9.18 Å². The molecule has 0 fully saturated rings. The van der Waals surface area contributed by atoms with Crippen LogP contribution in [-0.4, -0.2) is 37.5 Å². The van der Waals surface area contributed by atoms with E-state index in [1.807, 2.05) is 0 Å². The third kappa shape index (κ3) is 6.75. The number of carbonyl (C=O) groups excluding carboxylic acids is 1. The van der Waals surface area contributed by atoms with Crippen LogP contribution in [0.5, 0.6) is 0 Å². The molecule has 21 heavy (non-hydrogen) atoms. The first-order chi connectivity index (χ1) is 10.0. The Bertz CT molecular complexity index is 460. The average molecular weight is 319 g/mol. The molecule has 2 amide bonds. The van der Waals surface area contributed by atoms with Crippen molar-refractivity contribution in [1.29, 1.82) is 0 Å². The van der Waals surface area contributed by atoms with Gasteiger partial charge in [-0.1, -0.05) is 17.7 Å². The summed E-state index contributed by atoms with van der Waals surface area (Å²) in [5, 5.41) is 14.0. The fraction of sp³-hybridized carbons (Fsp3) is 0.500. The van der Waals surface area contributed by atoms with E-state index >= 15 is 0 Å². The molecule has 118 valence electrons. The largest absolute Gasteiger partial charge is 0.394 e. The molecule has 0 bridgehead atoms. The number of rotatable bonds is 8. The third-order valence-corrected chi connectivity index (χ3v) is 3.07. The first kappa shape index (κ1) is 17.7. The van der Waals surface area contributed by atoms with Gasteiger partial charge in [0.1, 0.15) is 5.82 Å². The quantitative estimate of drug-likeness (QED) is 0.644. The highest BCUT2D eigenvalue weighted by molar-refractivity contribution is 6.30. The number of hydrogen-bond acceptors (Lipinski definition) is 3. The number of nitrogens with one attached hydrogen (secondary N) is 2. The summed E-state index contributed by atoms with van der Waals surface area (Å²) in [5.41, 5.74) is 0.725. The van der Waals surface area contributed by atoms with Crippen LogP contribution in [0.15, 0.2) is 18.2 Å². The van der Waals surface area contributed by atoms with E-state index in [0.717, 1.165) is 5.56 Å². The number of ether oxygens (including phenoxy) is 1. The first-order valence-corrected chi connectivity index (χ1v) is 7.10. The Morgan fingerprint density at radius 2 is 2.24 bits per heavy atom. The van der Waals surface area contributed by atoms with Gasteiger partial charge in [0.25, 0.3) is 0 Å². The van der Waals surface area contributed by atoms with Gasteiger partial charge < -0.3 is 20.5 Å². The van der Waals surface area contributed by atoms with E-state index in [2.05, 4.69) is 10.6 Å². The predicted octanol–water partition coefficient (Wildman–Crippen LogP) is 2.24. The second-order valence-electron chi connectivity index (χ2n) is 4.49. The third-order valence-electron chi connectivity index (χ3n) is 2.78. The Morgan fingerprint density at radius 1 is 1.48 bits per heavy atom. The summed E-state index contributed by atoms with van der Waals surface area (Å²) in [7, 11) is 0. The van der Waals surface area contributed by atoms with E-state index < -0.39 is 5.82 Å². The lowest BCUT2D eigenvalue weighted by atomic mass is 10.1. The van der Waals surface area contributed by atoms with Crippen molar-refractivity contribution < 1.29 is 19.0 Å². The van der Waals surface area contributed by atoms with E-state index in [0.29, 0.717) is 26.2 Å². The van der Waals surface area contributed by atoms with Gasteiger partial charge in [0.2, 0.25) is 0 Å². The van der Waals surface area contributed by atoms with Crippen molar-refractivity contribution >= 4 is 17.6 Å². The number of amides is 2. The standard InChI is InChI=1S/C14H20ClFN2O3/c1-10(11-3-4-13(16)12(15)9-11)18-14(20)17-5-2-7-21-8-6-19/h3-4,9-10,19H,2,5-8H2,1H3,(H2,17,18,20). The molecule has 1 aromatic rings. The molecule has 0 saturated carbocycles. The zero-order valence-corrected chi connectivity index (χ0v) is 12.6. The number of aliphatic hydroxyl groups excluding tert-OH is 1. The summed E-state index contributed by atoms with van der Waals surface area (Å²) in [4.78, 5) is 11.7. The van der Waals surface area contributed by atoms with Crippen LogP contribution < -0.4 is 10.6 Å². The summed E-state index contributed by atoms with van der Waals surface area (Å²) in [6.45, 7) is 3.02. The van der Waals surface area contributed by atoms with Crippen LogP contribution >= 0.6 is 11.6 Å². The second kappa shape index (κ2) is 9.55. The highest BCUT2D eigenvalue weighted by Crippen LogP contribution is 2.20. The van der Waals surface area contributed by atoms with Gasteiger partial charge in [-0.3, -0.25) is 0 Å². The number of urea groups is 1. The fourth-order valence-electron chi connectivity index (χ4n) is 1.66. The first-order valence-electron chi connectivity index (χ1n) is 6.72. The van der Waals surface area contributed by atoms with Crippen molar-refractivity contribution in [3.8, 4) is 0 Å². The van der Waals surface area contributed by atoms with Crippen molar-refractivity contribution in [2.24, 2.45) is 0 Å². The van der Waals surface area contributed by atoms with E-state index in [4.69, 9.17) is 21.4 Å². The molecule has 1 aromatic carbocycles.